The van der Waals surface area contributed by atoms with Crippen molar-refractivity contribution in [3.05, 3.63) is 59.4 Å². The first-order valence-electron chi connectivity index (χ1n) is 12.3. The highest BCUT2D eigenvalue weighted by molar-refractivity contribution is 6.00. The summed E-state index contributed by atoms with van der Waals surface area (Å²) in [5.41, 5.74) is 8.15. The number of hydrogen-bond acceptors (Lipinski definition) is 4. The van der Waals surface area contributed by atoms with Crippen molar-refractivity contribution in [1.82, 2.24) is 15.1 Å². The quantitative estimate of drug-likeness (QED) is 0.487. The highest BCUT2D eigenvalue weighted by Gasteiger charge is 2.38. The maximum Gasteiger partial charge on any atom is 0.416 e. The molecule has 2 saturated heterocycles. The Morgan fingerprint density at radius 1 is 1.17 bits per heavy atom. The number of amides is 1. The van der Waals surface area contributed by atoms with E-state index in [-0.39, 0.29) is 11.9 Å². The third-order valence-electron chi connectivity index (χ3n) is 7.39. The van der Waals surface area contributed by atoms with Crippen LogP contribution in [0, 0.1) is 5.92 Å². The van der Waals surface area contributed by atoms with Gasteiger partial charge in [0.2, 0.25) is 5.91 Å². The molecule has 35 heavy (non-hydrogen) atoms. The van der Waals surface area contributed by atoms with Crippen LogP contribution < -0.4 is 11.1 Å². The standard InChI is InChI=1S/C26H34F3N5O/c1-3-31-24(22-17(2)6-11-20(22)30)33-13-15-34(16-14-33)25(35)23(21-5-4-12-32-21)18-7-9-19(10-8-18)26(27,28)29/h3,7-10,17,21,23,32H,1,4-6,11-16,30H2,2H3/t17-,21+,23+/m1/s1. The van der Waals surface area contributed by atoms with Gasteiger partial charge in [0, 0.05) is 49.7 Å². The van der Waals surface area contributed by atoms with Crippen molar-refractivity contribution in [3.63, 3.8) is 0 Å². The summed E-state index contributed by atoms with van der Waals surface area (Å²) in [6.45, 7) is 8.97. The van der Waals surface area contributed by atoms with Gasteiger partial charge in [-0.1, -0.05) is 25.6 Å². The van der Waals surface area contributed by atoms with Crippen LogP contribution in [0.4, 0.5) is 13.2 Å². The van der Waals surface area contributed by atoms with Crippen molar-refractivity contribution in [2.75, 3.05) is 32.7 Å². The van der Waals surface area contributed by atoms with Crippen molar-refractivity contribution in [2.45, 2.75) is 50.7 Å². The van der Waals surface area contributed by atoms with Crippen LogP contribution in [-0.4, -0.2) is 60.3 Å². The highest BCUT2D eigenvalue weighted by Crippen LogP contribution is 2.34. The first kappa shape index (κ1) is 25.3. The van der Waals surface area contributed by atoms with E-state index >= 15 is 0 Å². The normalized spacial score (nSPS) is 24.7. The molecule has 0 saturated carbocycles. The molecule has 1 aromatic carbocycles. The van der Waals surface area contributed by atoms with Gasteiger partial charge in [-0.25, -0.2) is 4.99 Å². The van der Waals surface area contributed by atoms with Crippen molar-refractivity contribution in [2.24, 2.45) is 16.6 Å². The fraction of sp³-hybridized carbons (Fsp3) is 0.538. The summed E-state index contributed by atoms with van der Waals surface area (Å²) in [5, 5.41) is 3.38. The summed E-state index contributed by atoms with van der Waals surface area (Å²) in [5.74, 6) is 0.608. The number of allylic oxidation sites excluding steroid dienone is 1. The summed E-state index contributed by atoms with van der Waals surface area (Å²) < 4.78 is 39.2. The zero-order chi connectivity index (χ0) is 25.2. The Morgan fingerprint density at radius 3 is 2.34 bits per heavy atom. The number of nitrogens with two attached hydrogens (primary N) is 1. The van der Waals surface area contributed by atoms with E-state index in [0.717, 1.165) is 61.5 Å². The van der Waals surface area contributed by atoms with Gasteiger partial charge in [-0.3, -0.25) is 4.79 Å². The first-order chi connectivity index (χ1) is 16.7. The van der Waals surface area contributed by atoms with Crippen LogP contribution in [0.2, 0.25) is 0 Å². The molecular weight excluding hydrogens is 455 g/mol. The maximum atomic E-state index is 13.7. The van der Waals surface area contributed by atoms with Crippen molar-refractivity contribution in [1.29, 1.82) is 0 Å². The lowest BCUT2D eigenvalue weighted by Gasteiger charge is -2.39. The zero-order valence-electron chi connectivity index (χ0n) is 20.2. The molecule has 3 N–H and O–H groups in total. The Hall–Kier alpha value is -2.81. The maximum absolute atomic E-state index is 13.7. The van der Waals surface area contributed by atoms with Crippen LogP contribution in [0.3, 0.4) is 0 Å². The minimum Gasteiger partial charge on any atom is -0.402 e. The second-order valence-corrected chi connectivity index (χ2v) is 9.63. The van der Waals surface area contributed by atoms with Gasteiger partial charge < -0.3 is 20.9 Å². The third kappa shape index (κ3) is 5.39. The number of aliphatic imine (C=N–C) groups is 1. The first-order valence-corrected chi connectivity index (χ1v) is 12.3. The molecule has 1 aliphatic carbocycles. The van der Waals surface area contributed by atoms with Gasteiger partial charge >= 0.3 is 6.18 Å². The summed E-state index contributed by atoms with van der Waals surface area (Å²) in [6, 6.07) is 4.96. The molecule has 2 fully saturated rings. The van der Waals surface area contributed by atoms with Gasteiger partial charge in [-0.2, -0.15) is 13.2 Å². The summed E-state index contributed by atoms with van der Waals surface area (Å²) in [4.78, 5) is 22.2. The molecule has 6 nitrogen and oxygen atoms in total. The number of amidine groups is 1. The predicted octanol–water partition coefficient (Wildman–Crippen LogP) is 3.87. The van der Waals surface area contributed by atoms with Crippen LogP contribution in [0.15, 0.2) is 53.3 Å². The van der Waals surface area contributed by atoms with Crippen molar-refractivity contribution >= 4 is 11.7 Å². The Bertz CT molecular complexity index is 987. The molecule has 9 heteroatoms. The number of nitrogens with one attached hydrogen (secondary N) is 1. The lowest BCUT2D eigenvalue weighted by molar-refractivity contribution is -0.137. The number of benzene rings is 1. The van der Waals surface area contributed by atoms with E-state index in [2.05, 4.69) is 28.7 Å². The summed E-state index contributed by atoms with van der Waals surface area (Å²) in [7, 11) is 0. The number of hydrogen-bond donors (Lipinski definition) is 2. The second kappa shape index (κ2) is 10.4. The molecule has 3 aliphatic rings. The fourth-order valence-electron chi connectivity index (χ4n) is 5.50. The molecule has 190 valence electrons. The van der Waals surface area contributed by atoms with Gasteiger partial charge in [0.05, 0.1) is 11.5 Å². The molecule has 4 rings (SSSR count). The van der Waals surface area contributed by atoms with Gasteiger partial charge in [0.15, 0.2) is 0 Å². The minimum atomic E-state index is -4.40. The van der Waals surface area contributed by atoms with E-state index in [1.54, 1.807) is 0 Å². The molecule has 0 spiro atoms. The zero-order valence-corrected chi connectivity index (χ0v) is 20.2. The van der Waals surface area contributed by atoms with Crippen LogP contribution in [-0.2, 0) is 11.0 Å². The number of carbonyl (C=O) groups is 1. The van der Waals surface area contributed by atoms with Crippen LogP contribution in [0.25, 0.3) is 0 Å². The molecule has 3 atom stereocenters. The van der Waals surface area contributed by atoms with Gasteiger partial charge in [-0.05, 0) is 55.8 Å². The number of carbonyl (C=O) groups excluding carboxylic acids is 1. The minimum absolute atomic E-state index is 0.0426. The molecule has 0 unspecified atom stereocenters. The van der Waals surface area contributed by atoms with Crippen LogP contribution >= 0.6 is 0 Å². The number of piperazine rings is 1. The van der Waals surface area contributed by atoms with Crippen molar-refractivity contribution in [3.8, 4) is 0 Å². The van der Waals surface area contributed by atoms with E-state index in [0.29, 0.717) is 37.7 Å². The second-order valence-electron chi connectivity index (χ2n) is 9.63. The lowest BCUT2D eigenvalue weighted by atomic mass is 9.88. The summed E-state index contributed by atoms with van der Waals surface area (Å²) >= 11 is 0. The van der Waals surface area contributed by atoms with E-state index in [1.807, 2.05) is 4.90 Å². The van der Waals surface area contributed by atoms with Gasteiger partial charge in [0.25, 0.3) is 0 Å². The Kier molecular flexibility index (Phi) is 7.54. The van der Waals surface area contributed by atoms with Gasteiger partial charge in [0.1, 0.15) is 5.84 Å². The SMILES string of the molecule is C=CN=C(C1=C(N)CC[C@H]1C)N1CCN(C(=O)[C@@H](c2ccc(C(F)(F)F)cc2)[C@@H]2CCCN2)CC1. The Morgan fingerprint density at radius 2 is 1.83 bits per heavy atom. The van der Waals surface area contributed by atoms with Crippen LogP contribution in [0.1, 0.15) is 49.7 Å². The number of alkyl halides is 3. The molecule has 1 amide bonds. The molecule has 2 aliphatic heterocycles. The van der Waals surface area contributed by atoms with E-state index in [9.17, 15) is 18.0 Å². The average molecular weight is 490 g/mol. The fourth-order valence-corrected chi connectivity index (χ4v) is 5.50. The average Bonchev–Trinajstić information content (AvgIpc) is 3.48. The number of rotatable bonds is 5. The topological polar surface area (TPSA) is 74.0 Å². The largest absolute Gasteiger partial charge is 0.416 e. The van der Waals surface area contributed by atoms with Crippen LogP contribution in [0.5, 0.6) is 0 Å². The molecule has 2 heterocycles. The van der Waals surface area contributed by atoms with Crippen molar-refractivity contribution < 1.29 is 18.0 Å². The van der Waals surface area contributed by atoms with E-state index in [1.165, 1.54) is 18.3 Å². The van der Waals surface area contributed by atoms with E-state index < -0.39 is 17.7 Å². The molecule has 0 bridgehead atoms. The lowest BCUT2D eigenvalue weighted by Crippen LogP contribution is -2.53. The molecular formula is C26H34F3N5O. The predicted molar refractivity (Wildman–Crippen MR) is 131 cm³/mol. The smallest absolute Gasteiger partial charge is 0.402 e. The summed E-state index contributed by atoms with van der Waals surface area (Å²) in [6.07, 6.45) is 0.746. The monoisotopic (exact) mass is 489 g/mol. The molecule has 1 aromatic rings. The highest BCUT2D eigenvalue weighted by atomic mass is 19.4. The molecule has 0 aromatic heterocycles. The Labute approximate surface area is 204 Å². The number of halogens is 3. The van der Waals surface area contributed by atoms with Gasteiger partial charge in [-0.15, -0.1) is 0 Å². The Balaban J connectivity index is 1.50. The van der Waals surface area contributed by atoms with E-state index in [4.69, 9.17) is 5.73 Å². The molecule has 0 radical (unpaired) electrons. The number of nitrogens with zero attached hydrogens (tertiary/aromatic N) is 3. The third-order valence-corrected chi connectivity index (χ3v) is 7.39.